The third kappa shape index (κ3) is 3.82. The summed E-state index contributed by atoms with van der Waals surface area (Å²) < 4.78 is 0. The number of aromatic carboxylic acids is 1. The lowest BCUT2D eigenvalue weighted by molar-refractivity contribution is -0.130. The molecular formula is C12H18N2O3S. The van der Waals surface area contributed by atoms with Crippen LogP contribution in [-0.4, -0.2) is 54.0 Å². The van der Waals surface area contributed by atoms with E-state index in [0.29, 0.717) is 24.5 Å². The molecule has 0 fully saturated rings. The van der Waals surface area contributed by atoms with Gasteiger partial charge in [0, 0.05) is 20.6 Å². The van der Waals surface area contributed by atoms with Crippen molar-refractivity contribution in [2.24, 2.45) is 0 Å². The van der Waals surface area contributed by atoms with Crippen LogP contribution in [0.1, 0.15) is 22.2 Å². The maximum Gasteiger partial charge on any atom is 0.346 e. The van der Waals surface area contributed by atoms with E-state index < -0.39 is 5.97 Å². The van der Waals surface area contributed by atoms with Gasteiger partial charge in [0.15, 0.2) is 0 Å². The molecule has 0 bridgehead atoms. The fourth-order valence-corrected chi connectivity index (χ4v) is 2.25. The Labute approximate surface area is 111 Å². The van der Waals surface area contributed by atoms with E-state index >= 15 is 0 Å². The third-order valence-corrected chi connectivity index (χ3v) is 3.58. The normalized spacial score (nSPS) is 10.7. The van der Waals surface area contributed by atoms with Gasteiger partial charge in [0.1, 0.15) is 4.88 Å². The molecule has 1 heterocycles. The fraction of sp³-hybridized carbons (Fsp3) is 0.500. The van der Waals surface area contributed by atoms with Crippen molar-refractivity contribution >= 4 is 23.2 Å². The monoisotopic (exact) mass is 270 g/mol. The van der Waals surface area contributed by atoms with Crippen molar-refractivity contribution in [1.82, 2.24) is 9.80 Å². The maximum atomic E-state index is 11.6. The fourth-order valence-electron chi connectivity index (χ4n) is 1.50. The summed E-state index contributed by atoms with van der Waals surface area (Å²) in [5, 5.41) is 10.8. The molecule has 1 rings (SSSR count). The van der Waals surface area contributed by atoms with Crippen molar-refractivity contribution < 1.29 is 14.7 Å². The predicted molar refractivity (Wildman–Crippen MR) is 70.9 cm³/mol. The average Bonchev–Trinajstić information content (AvgIpc) is 2.75. The van der Waals surface area contributed by atoms with Gasteiger partial charge in [0.05, 0.1) is 6.54 Å². The Kier molecular flexibility index (Phi) is 5.30. The van der Waals surface area contributed by atoms with Crippen LogP contribution >= 0.6 is 11.3 Å². The van der Waals surface area contributed by atoms with Crippen molar-refractivity contribution in [1.29, 1.82) is 0 Å². The van der Waals surface area contributed by atoms with Gasteiger partial charge in [-0.3, -0.25) is 9.69 Å². The van der Waals surface area contributed by atoms with E-state index in [-0.39, 0.29) is 5.91 Å². The van der Waals surface area contributed by atoms with Crippen molar-refractivity contribution in [2.45, 2.75) is 13.5 Å². The number of carboxylic acid groups (broad SMARTS) is 1. The number of carbonyl (C=O) groups excluding carboxylic acids is 1. The molecule has 0 aliphatic heterocycles. The molecule has 1 aromatic heterocycles. The number of thiophene rings is 1. The zero-order chi connectivity index (χ0) is 13.7. The van der Waals surface area contributed by atoms with Gasteiger partial charge in [0.25, 0.3) is 0 Å². The highest BCUT2D eigenvalue weighted by molar-refractivity contribution is 7.12. The van der Waals surface area contributed by atoms with Crippen LogP contribution in [0.3, 0.4) is 0 Å². The van der Waals surface area contributed by atoms with Crippen LogP contribution in [0.15, 0.2) is 11.4 Å². The summed E-state index contributed by atoms with van der Waals surface area (Å²) in [7, 11) is 3.42. The van der Waals surface area contributed by atoms with Crippen LogP contribution < -0.4 is 0 Å². The second-order valence-corrected chi connectivity index (χ2v) is 5.09. The molecule has 6 heteroatoms. The van der Waals surface area contributed by atoms with Gasteiger partial charge >= 0.3 is 5.97 Å². The van der Waals surface area contributed by atoms with E-state index in [0.717, 1.165) is 5.56 Å². The smallest absolute Gasteiger partial charge is 0.346 e. The zero-order valence-corrected chi connectivity index (χ0v) is 11.7. The number of hydrogen-bond acceptors (Lipinski definition) is 4. The molecule has 18 heavy (non-hydrogen) atoms. The molecule has 0 aliphatic rings. The van der Waals surface area contributed by atoms with Crippen molar-refractivity contribution in [3.05, 3.63) is 21.9 Å². The summed E-state index contributed by atoms with van der Waals surface area (Å²) in [5.41, 5.74) is 0.765. The molecule has 0 unspecified atom stereocenters. The SMILES string of the molecule is CCN(CC(=O)N(C)C)Cc1ccsc1C(=O)O. The summed E-state index contributed by atoms with van der Waals surface area (Å²) in [6, 6.07) is 1.80. The van der Waals surface area contributed by atoms with Gasteiger partial charge in [-0.05, 0) is 23.6 Å². The average molecular weight is 270 g/mol. The summed E-state index contributed by atoms with van der Waals surface area (Å²) in [5.74, 6) is -0.890. The van der Waals surface area contributed by atoms with Crippen molar-refractivity contribution in [3.8, 4) is 0 Å². The molecule has 1 N–H and O–H groups in total. The van der Waals surface area contributed by atoms with Crippen LogP contribution in [0.2, 0.25) is 0 Å². The first-order valence-electron chi connectivity index (χ1n) is 5.67. The van der Waals surface area contributed by atoms with Crippen LogP contribution in [0, 0.1) is 0 Å². The molecule has 5 nitrogen and oxygen atoms in total. The summed E-state index contributed by atoms with van der Waals surface area (Å²) in [6.45, 7) is 3.45. The van der Waals surface area contributed by atoms with Gasteiger partial charge in [-0.15, -0.1) is 11.3 Å². The van der Waals surface area contributed by atoms with Gasteiger partial charge in [-0.25, -0.2) is 4.79 Å². The molecule has 1 aromatic rings. The second kappa shape index (κ2) is 6.51. The van der Waals surface area contributed by atoms with Crippen LogP contribution in [0.5, 0.6) is 0 Å². The van der Waals surface area contributed by atoms with Gasteiger partial charge in [-0.2, -0.15) is 0 Å². The Balaban J connectivity index is 2.71. The lowest BCUT2D eigenvalue weighted by atomic mass is 10.2. The molecule has 100 valence electrons. The van der Waals surface area contributed by atoms with Crippen LogP contribution in [0.25, 0.3) is 0 Å². The van der Waals surface area contributed by atoms with Crippen molar-refractivity contribution in [3.63, 3.8) is 0 Å². The zero-order valence-electron chi connectivity index (χ0n) is 10.8. The van der Waals surface area contributed by atoms with E-state index in [9.17, 15) is 9.59 Å². The van der Waals surface area contributed by atoms with E-state index in [1.54, 1.807) is 25.5 Å². The molecule has 0 aliphatic carbocycles. The first-order valence-corrected chi connectivity index (χ1v) is 6.55. The topological polar surface area (TPSA) is 60.9 Å². The largest absolute Gasteiger partial charge is 0.477 e. The minimum atomic E-state index is -0.907. The molecule has 0 spiro atoms. The minimum Gasteiger partial charge on any atom is -0.477 e. The molecule has 0 saturated heterocycles. The first-order chi connectivity index (χ1) is 8.45. The van der Waals surface area contributed by atoms with E-state index in [4.69, 9.17) is 5.11 Å². The standard InChI is InChI=1S/C12H18N2O3S/c1-4-14(8-10(15)13(2)3)7-9-5-6-18-11(9)12(16)17/h5-6H,4,7-8H2,1-3H3,(H,16,17). The highest BCUT2D eigenvalue weighted by atomic mass is 32.1. The highest BCUT2D eigenvalue weighted by Gasteiger charge is 2.16. The maximum absolute atomic E-state index is 11.6. The molecule has 0 radical (unpaired) electrons. The van der Waals surface area contributed by atoms with E-state index in [2.05, 4.69) is 0 Å². The Morgan fingerprint density at radius 2 is 2.06 bits per heavy atom. The predicted octanol–water partition coefficient (Wildman–Crippen LogP) is 1.36. The lowest BCUT2D eigenvalue weighted by Crippen LogP contribution is -2.36. The second-order valence-electron chi connectivity index (χ2n) is 4.17. The Bertz CT molecular complexity index is 429. The summed E-state index contributed by atoms with van der Waals surface area (Å²) in [4.78, 5) is 26.4. The van der Waals surface area contributed by atoms with Gasteiger partial charge < -0.3 is 10.0 Å². The molecule has 0 atom stereocenters. The summed E-state index contributed by atoms with van der Waals surface area (Å²) >= 11 is 1.21. The van der Waals surface area contributed by atoms with Crippen LogP contribution in [0.4, 0.5) is 0 Å². The number of carboxylic acids is 1. The third-order valence-electron chi connectivity index (χ3n) is 2.64. The quantitative estimate of drug-likeness (QED) is 0.848. The number of likely N-dealkylation sites (N-methyl/N-ethyl adjacent to an activating group) is 2. The summed E-state index contributed by atoms with van der Waals surface area (Å²) in [6.07, 6.45) is 0. The molecular weight excluding hydrogens is 252 g/mol. The van der Waals surface area contributed by atoms with Crippen LogP contribution in [-0.2, 0) is 11.3 Å². The van der Waals surface area contributed by atoms with Gasteiger partial charge in [-0.1, -0.05) is 6.92 Å². The van der Waals surface area contributed by atoms with Gasteiger partial charge in [0.2, 0.25) is 5.91 Å². The minimum absolute atomic E-state index is 0.0176. The number of nitrogens with zero attached hydrogens (tertiary/aromatic N) is 2. The number of amides is 1. The number of rotatable bonds is 6. The first kappa shape index (κ1) is 14.7. The number of hydrogen-bond donors (Lipinski definition) is 1. The highest BCUT2D eigenvalue weighted by Crippen LogP contribution is 2.18. The Morgan fingerprint density at radius 3 is 2.56 bits per heavy atom. The molecule has 1 amide bonds. The van der Waals surface area contributed by atoms with Crippen molar-refractivity contribution in [2.75, 3.05) is 27.2 Å². The lowest BCUT2D eigenvalue weighted by Gasteiger charge is -2.21. The Morgan fingerprint density at radius 1 is 1.39 bits per heavy atom. The Hall–Kier alpha value is -1.40. The molecule has 0 aromatic carbocycles. The number of carbonyl (C=O) groups is 2. The van der Waals surface area contributed by atoms with E-state index in [1.807, 2.05) is 11.8 Å². The van der Waals surface area contributed by atoms with E-state index in [1.165, 1.54) is 16.2 Å². The molecule has 0 saturated carbocycles.